The Hall–Kier alpha value is -0.530. The number of aryl methyl sites for hydroxylation is 1. The van der Waals surface area contributed by atoms with Crippen LogP contribution in [0.15, 0.2) is 6.07 Å². The zero-order valence-corrected chi connectivity index (χ0v) is 14.3. The van der Waals surface area contributed by atoms with Gasteiger partial charge in [0.2, 0.25) is 0 Å². The molecule has 1 aromatic carbocycles. The lowest BCUT2D eigenvalue weighted by Crippen LogP contribution is -2.27. The highest BCUT2D eigenvalue weighted by molar-refractivity contribution is 6.31. The van der Waals surface area contributed by atoms with Crippen LogP contribution in [-0.4, -0.2) is 6.54 Å². The zero-order chi connectivity index (χ0) is 14.9. The van der Waals surface area contributed by atoms with Gasteiger partial charge in [0, 0.05) is 11.1 Å². The third-order valence-corrected chi connectivity index (χ3v) is 5.09. The molecule has 1 aliphatic carbocycles. The van der Waals surface area contributed by atoms with E-state index in [0.29, 0.717) is 11.5 Å². The van der Waals surface area contributed by atoms with Crippen LogP contribution in [0.4, 0.5) is 0 Å². The van der Waals surface area contributed by atoms with Crippen molar-refractivity contribution in [2.45, 2.75) is 66.3 Å². The molecule has 0 fully saturated rings. The van der Waals surface area contributed by atoms with E-state index in [9.17, 15) is 0 Å². The van der Waals surface area contributed by atoms with Crippen LogP contribution in [0.25, 0.3) is 0 Å². The zero-order valence-electron chi connectivity index (χ0n) is 13.6. The van der Waals surface area contributed by atoms with Crippen LogP contribution in [0.3, 0.4) is 0 Å². The summed E-state index contributed by atoms with van der Waals surface area (Å²) in [5.41, 5.74) is 5.98. The summed E-state index contributed by atoms with van der Waals surface area (Å²) < 4.78 is 0. The maximum Gasteiger partial charge on any atom is 0.0444 e. The van der Waals surface area contributed by atoms with Crippen LogP contribution in [0.1, 0.15) is 68.3 Å². The highest BCUT2D eigenvalue weighted by Crippen LogP contribution is 2.43. The molecular weight excluding hydrogens is 266 g/mol. The second-order valence-electron chi connectivity index (χ2n) is 7.07. The minimum absolute atomic E-state index is 0.369. The first kappa shape index (κ1) is 15.9. The predicted octanol–water partition coefficient (Wildman–Crippen LogP) is 5.36. The van der Waals surface area contributed by atoms with E-state index >= 15 is 0 Å². The average Bonchev–Trinajstić information content (AvgIpc) is 2.50. The normalized spacial score (nSPS) is 21.4. The summed E-state index contributed by atoms with van der Waals surface area (Å²) in [5, 5.41) is 4.72. The van der Waals surface area contributed by atoms with Gasteiger partial charge < -0.3 is 5.32 Å². The van der Waals surface area contributed by atoms with E-state index in [1.807, 2.05) is 0 Å². The highest BCUT2D eigenvalue weighted by Gasteiger charge is 2.31. The fourth-order valence-electron chi connectivity index (χ4n) is 3.39. The van der Waals surface area contributed by atoms with E-state index < -0.39 is 0 Å². The van der Waals surface area contributed by atoms with Crippen molar-refractivity contribution in [3.8, 4) is 0 Å². The first-order valence-corrected chi connectivity index (χ1v) is 8.25. The Bertz CT molecular complexity index is 491. The first-order valence-electron chi connectivity index (χ1n) is 7.87. The minimum Gasteiger partial charge on any atom is -0.310 e. The fraction of sp³-hybridized carbons (Fsp3) is 0.667. The van der Waals surface area contributed by atoms with Gasteiger partial charge >= 0.3 is 0 Å². The van der Waals surface area contributed by atoms with Crippen molar-refractivity contribution in [3.63, 3.8) is 0 Å². The molecule has 1 N–H and O–H groups in total. The summed E-state index contributed by atoms with van der Waals surface area (Å²) in [4.78, 5) is 0. The lowest BCUT2D eigenvalue weighted by atomic mass is 9.82. The smallest absolute Gasteiger partial charge is 0.0444 e. The molecule has 20 heavy (non-hydrogen) atoms. The van der Waals surface area contributed by atoms with Gasteiger partial charge in [0.15, 0.2) is 0 Å². The molecule has 1 aliphatic rings. The highest BCUT2D eigenvalue weighted by atomic mass is 35.5. The first-order chi connectivity index (χ1) is 9.35. The van der Waals surface area contributed by atoms with E-state index in [4.69, 9.17) is 11.6 Å². The van der Waals surface area contributed by atoms with E-state index in [0.717, 1.165) is 18.0 Å². The third kappa shape index (κ3) is 3.20. The lowest BCUT2D eigenvalue weighted by Gasteiger charge is -2.29. The lowest BCUT2D eigenvalue weighted by molar-refractivity contribution is 0.273. The molecule has 0 spiro atoms. The topological polar surface area (TPSA) is 12.0 Å². The van der Waals surface area contributed by atoms with Gasteiger partial charge in [-0.2, -0.15) is 0 Å². The molecule has 1 aromatic rings. The maximum atomic E-state index is 6.56. The molecule has 2 heteroatoms. The number of halogens is 1. The standard InChI is InChI=1S/C18H28ClN/c1-6-9-20-16-11-18(4,5)8-7-14-15(19)10-12(2)13(3)17(14)16/h10,16,20H,6-9,11H2,1-5H3. The van der Waals surface area contributed by atoms with Gasteiger partial charge in [0.1, 0.15) is 0 Å². The molecule has 2 rings (SSSR count). The van der Waals surface area contributed by atoms with Crippen LogP contribution in [0.2, 0.25) is 5.02 Å². The Morgan fingerprint density at radius 3 is 2.70 bits per heavy atom. The quantitative estimate of drug-likeness (QED) is 0.740. The number of benzene rings is 1. The van der Waals surface area contributed by atoms with Gasteiger partial charge in [-0.1, -0.05) is 32.4 Å². The minimum atomic E-state index is 0.369. The van der Waals surface area contributed by atoms with Gasteiger partial charge in [0.25, 0.3) is 0 Å². The van der Waals surface area contributed by atoms with E-state index in [1.54, 1.807) is 0 Å². The molecule has 1 unspecified atom stereocenters. The van der Waals surface area contributed by atoms with Crippen molar-refractivity contribution >= 4 is 11.6 Å². The van der Waals surface area contributed by atoms with Crippen LogP contribution in [0, 0.1) is 19.3 Å². The van der Waals surface area contributed by atoms with Crippen LogP contribution in [0.5, 0.6) is 0 Å². The molecule has 1 nitrogen and oxygen atoms in total. The maximum absolute atomic E-state index is 6.56. The molecule has 1 atom stereocenters. The van der Waals surface area contributed by atoms with Gasteiger partial charge in [0.05, 0.1) is 0 Å². The third-order valence-electron chi connectivity index (χ3n) is 4.75. The molecule has 0 saturated carbocycles. The van der Waals surface area contributed by atoms with Crippen molar-refractivity contribution in [1.82, 2.24) is 5.32 Å². The largest absolute Gasteiger partial charge is 0.310 e. The van der Waals surface area contributed by atoms with E-state index in [2.05, 4.69) is 46.0 Å². The van der Waals surface area contributed by atoms with Crippen molar-refractivity contribution in [2.75, 3.05) is 6.54 Å². The summed E-state index contributed by atoms with van der Waals surface area (Å²) >= 11 is 6.56. The van der Waals surface area contributed by atoms with Crippen LogP contribution in [-0.2, 0) is 6.42 Å². The second kappa shape index (κ2) is 6.07. The molecule has 0 aliphatic heterocycles. The van der Waals surface area contributed by atoms with Crippen molar-refractivity contribution in [1.29, 1.82) is 0 Å². The number of hydrogen-bond donors (Lipinski definition) is 1. The summed E-state index contributed by atoms with van der Waals surface area (Å²) in [6.07, 6.45) is 4.69. The van der Waals surface area contributed by atoms with Gasteiger partial charge in [-0.05, 0) is 79.8 Å². The van der Waals surface area contributed by atoms with Crippen LogP contribution >= 0.6 is 11.6 Å². The Morgan fingerprint density at radius 2 is 2.05 bits per heavy atom. The SMILES string of the molecule is CCCNC1CC(C)(C)CCc2c(Cl)cc(C)c(C)c21. The van der Waals surface area contributed by atoms with E-state index in [-0.39, 0.29) is 0 Å². The molecule has 0 radical (unpaired) electrons. The Kier molecular flexibility index (Phi) is 4.81. The predicted molar refractivity (Wildman–Crippen MR) is 88.7 cm³/mol. The molecule has 0 saturated heterocycles. The summed E-state index contributed by atoms with van der Waals surface area (Å²) in [6, 6.07) is 2.59. The molecule has 0 aromatic heterocycles. The summed E-state index contributed by atoms with van der Waals surface area (Å²) in [7, 11) is 0. The monoisotopic (exact) mass is 293 g/mol. The second-order valence-corrected chi connectivity index (χ2v) is 7.47. The number of nitrogens with one attached hydrogen (secondary N) is 1. The van der Waals surface area contributed by atoms with Crippen molar-refractivity contribution < 1.29 is 0 Å². The van der Waals surface area contributed by atoms with E-state index in [1.165, 1.54) is 41.5 Å². The molecular formula is C18H28ClN. The van der Waals surface area contributed by atoms with Gasteiger partial charge in [-0.25, -0.2) is 0 Å². The average molecular weight is 294 g/mol. The molecule has 0 amide bonds. The Balaban J connectivity index is 2.51. The number of hydrogen-bond acceptors (Lipinski definition) is 1. The summed E-state index contributed by atoms with van der Waals surface area (Å²) in [5.74, 6) is 0. The van der Waals surface area contributed by atoms with Crippen molar-refractivity contribution in [2.24, 2.45) is 5.41 Å². The Labute approximate surface area is 129 Å². The van der Waals surface area contributed by atoms with Crippen LogP contribution < -0.4 is 5.32 Å². The van der Waals surface area contributed by atoms with Gasteiger partial charge in [-0.15, -0.1) is 0 Å². The fourth-order valence-corrected chi connectivity index (χ4v) is 3.75. The molecule has 0 bridgehead atoms. The molecule has 0 heterocycles. The number of rotatable bonds is 3. The Morgan fingerprint density at radius 1 is 1.35 bits per heavy atom. The summed E-state index contributed by atoms with van der Waals surface area (Å²) in [6.45, 7) is 12.5. The molecule has 112 valence electrons. The number of fused-ring (bicyclic) bond motifs is 1. The van der Waals surface area contributed by atoms with Gasteiger partial charge in [-0.3, -0.25) is 0 Å². The van der Waals surface area contributed by atoms with Crippen molar-refractivity contribution in [3.05, 3.63) is 33.3 Å².